The van der Waals surface area contributed by atoms with Crippen molar-refractivity contribution in [1.29, 1.82) is 0 Å². The van der Waals surface area contributed by atoms with Crippen molar-refractivity contribution in [3.8, 4) is 0 Å². The van der Waals surface area contributed by atoms with Crippen molar-refractivity contribution < 1.29 is 14.7 Å². The highest BCUT2D eigenvalue weighted by Crippen LogP contribution is 2.16. The highest BCUT2D eigenvalue weighted by molar-refractivity contribution is 5.85. The van der Waals surface area contributed by atoms with Gasteiger partial charge in [0.1, 0.15) is 0 Å². The molecule has 0 saturated carbocycles. The van der Waals surface area contributed by atoms with Crippen LogP contribution in [0.3, 0.4) is 0 Å². The van der Waals surface area contributed by atoms with Crippen molar-refractivity contribution in [2.24, 2.45) is 0 Å². The van der Waals surface area contributed by atoms with Crippen LogP contribution in [0.25, 0.3) is 0 Å². The van der Waals surface area contributed by atoms with Crippen molar-refractivity contribution in [3.63, 3.8) is 0 Å². The Kier molecular flexibility index (Phi) is 9.77. The molecule has 27 heavy (non-hydrogen) atoms. The van der Waals surface area contributed by atoms with Gasteiger partial charge in [0.05, 0.1) is 13.1 Å². The van der Waals surface area contributed by atoms with Crippen molar-refractivity contribution in [1.82, 2.24) is 14.7 Å². The second-order valence-electron chi connectivity index (χ2n) is 7.35. The van der Waals surface area contributed by atoms with Crippen LogP contribution in [0.5, 0.6) is 0 Å². The molecule has 1 aromatic rings. The number of likely N-dealkylation sites (tertiary alicyclic amines) is 1. The van der Waals surface area contributed by atoms with E-state index in [0.29, 0.717) is 13.1 Å². The maximum Gasteiger partial charge on any atom is 0.317 e. The topological polar surface area (TPSA) is 64.1 Å². The number of carboxylic acids is 1. The van der Waals surface area contributed by atoms with Crippen LogP contribution in [0.2, 0.25) is 0 Å². The number of rotatable bonds is 7. The van der Waals surface area contributed by atoms with E-state index in [1.165, 1.54) is 11.1 Å². The lowest BCUT2D eigenvalue weighted by atomic mass is 10.1. The van der Waals surface area contributed by atoms with Gasteiger partial charge >= 0.3 is 5.97 Å². The molecule has 1 aliphatic rings. The van der Waals surface area contributed by atoms with Gasteiger partial charge in [0.2, 0.25) is 5.91 Å². The maximum atomic E-state index is 12.6. The van der Waals surface area contributed by atoms with E-state index in [4.69, 9.17) is 5.11 Å². The zero-order valence-electron chi connectivity index (χ0n) is 16.6. The lowest BCUT2D eigenvalue weighted by Crippen LogP contribution is -2.40. The zero-order chi connectivity index (χ0) is 19.1. The Bertz CT molecular complexity index is 626. The molecule has 152 valence electrons. The van der Waals surface area contributed by atoms with Gasteiger partial charge in [-0.15, -0.1) is 12.4 Å². The first-order valence-electron chi connectivity index (χ1n) is 9.29. The van der Waals surface area contributed by atoms with E-state index >= 15 is 0 Å². The van der Waals surface area contributed by atoms with E-state index in [-0.39, 0.29) is 30.9 Å². The third-order valence-corrected chi connectivity index (χ3v) is 5.25. The molecule has 2 rings (SSSR count). The lowest BCUT2D eigenvalue weighted by Gasteiger charge is -2.26. The van der Waals surface area contributed by atoms with Gasteiger partial charge in [-0.05, 0) is 50.9 Å². The molecular weight excluding hydrogens is 366 g/mol. The van der Waals surface area contributed by atoms with Gasteiger partial charge in [0, 0.05) is 26.2 Å². The van der Waals surface area contributed by atoms with Crippen LogP contribution in [0, 0.1) is 6.92 Å². The molecular formula is C20H32ClN3O3. The summed E-state index contributed by atoms with van der Waals surface area (Å²) in [5.74, 6) is -0.660. The van der Waals surface area contributed by atoms with Crippen molar-refractivity contribution >= 4 is 24.3 Å². The second-order valence-corrected chi connectivity index (χ2v) is 7.35. The minimum atomic E-state index is -0.790. The van der Waals surface area contributed by atoms with E-state index < -0.39 is 5.97 Å². The first kappa shape index (κ1) is 23.4. The van der Waals surface area contributed by atoms with Crippen LogP contribution in [-0.4, -0.2) is 78.0 Å². The van der Waals surface area contributed by atoms with Crippen molar-refractivity contribution in [2.75, 3.05) is 40.3 Å². The minimum Gasteiger partial charge on any atom is -0.480 e. The van der Waals surface area contributed by atoms with Crippen LogP contribution in [0.4, 0.5) is 0 Å². The number of amides is 1. The number of nitrogens with zero attached hydrogens (tertiary/aromatic N) is 3. The third kappa shape index (κ3) is 7.48. The van der Waals surface area contributed by atoms with Gasteiger partial charge in [-0.2, -0.15) is 0 Å². The van der Waals surface area contributed by atoms with Gasteiger partial charge < -0.3 is 10.0 Å². The molecule has 0 aromatic heterocycles. The molecule has 0 bridgehead atoms. The number of carboxylic acid groups (broad SMARTS) is 1. The average Bonchev–Trinajstić information content (AvgIpc) is 2.82. The van der Waals surface area contributed by atoms with Crippen LogP contribution < -0.4 is 0 Å². The number of likely N-dealkylation sites (N-methyl/N-ethyl adjacent to an activating group) is 2. The molecule has 1 aliphatic heterocycles. The fraction of sp³-hybridized carbons (Fsp3) is 0.600. The molecule has 6 nitrogen and oxygen atoms in total. The van der Waals surface area contributed by atoms with Crippen LogP contribution >= 0.6 is 12.4 Å². The summed E-state index contributed by atoms with van der Waals surface area (Å²) in [7, 11) is 3.73. The van der Waals surface area contributed by atoms with Crippen molar-refractivity contribution in [2.45, 2.75) is 38.8 Å². The predicted octanol–water partition coefficient (Wildman–Crippen LogP) is 2.25. The number of aliphatic carboxylic acids is 1. The average molecular weight is 398 g/mol. The molecule has 7 heteroatoms. The molecule has 1 atom stereocenters. The number of benzene rings is 1. The lowest BCUT2D eigenvalue weighted by molar-refractivity contribution is -0.138. The second kappa shape index (κ2) is 11.3. The number of carbonyl (C=O) groups is 2. The maximum absolute atomic E-state index is 12.6. The standard InChI is InChI=1S/C20H31N3O3.ClH/c1-16-7-4-5-8-17(16)13-22(3)19(24)14-23-11-6-9-18(10-12-23)21(2)15-20(25)26;/h4-5,7-8,18H,6,9-15H2,1-3H3,(H,25,26);1H. The van der Waals surface area contributed by atoms with Crippen LogP contribution in [0.15, 0.2) is 24.3 Å². The summed E-state index contributed by atoms with van der Waals surface area (Å²) in [6, 6.07) is 8.42. The van der Waals surface area contributed by atoms with E-state index in [1.807, 2.05) is 31.1 Å². The molecule has 0 aliphatic carbocycles. The summed E-state index contributed by atoms with van der Waals surface area (Å²) in [5.41, 5.74) is 2.38. The Morgan fingerprint density at radius 2 is 1.89 bits per heavy atom. The Balaban J connectivity index is 0.00000364. The fourth-order valence-corrected chi connectivity index (χ4v) is 3.52. The number of halogens is 1. The van der Waals surface area contributed by atoms with E-state index in [1.54, 1.807) is 4.90 Å². The summed E-state index contributed by atoms with van der Waals surface area (Å²) in [6.45, 7) is 4.92. The Hall–Kier alpha value is -1.63. The fourth-order valence-electron chi connectivity index (χ4n) is 3.52. The molecule has 1 heterocycles. The molecule has 1 amide bonds. The number of aryl methyl sites for hydroxylation is 1. The molecule has 1 unspecified atom stereocenters. The monoisotopic (exact) mass is 397 g/mol. The summed E-state index contributed by atoms with van der Waals surface area (Å²) in [6.07, 6.45) is 2.87. The van der Waals surface area contributed by atoms with Crippen LogP contribution in [0.1, 0.15) is 30.4 Å². The van der Waals surface area contributed by atoms with Gasteiger partial charge in [0.25, 0.3) is 0 Å². The normalized spacial score (nSPS) is 17.9. The summed E-state index contributed by atoms with van der Waals surface area (Å²) in [5, 5.41) is 8.96. The Morgan fingerprint density at radius 1 is 1.19 bits per heavy atom. The highest BCUT2D eigenvalue weighted by atomic mass is 35.5. The molecule has 1 N–H and O–H groups in total. The SMILES string of the molecule is Cc1ccccc1CN(C)C(=O)CN1CCCC(N(C)CC(=O)O)CC1.Cl. The summed E-state index contributed by atoms with van der Waals surface area (Å²) >= 11 is 0. The molecule has 1 saturated heterocycles. The first-order valence-corrected chi connectivity index (χ1v) is 9.29. The quantitative estimate of drug-likeness (QED) is 0.764. The van der Waals surface area contributed by atoms with Gasteiger partial charge in [0.15, 0.2) is 0 Å². The molecule has 0 spiro atoms. The minimum absolute atomic E-state index is 0. The Morgan fingerprint density at radius 3 is 2.56 bits per heavy atom. The molecule has 1 fully saturated rings. The zero-order valence-corrected chi connectivity index (χ0v) is 17.4. The highest BCUT2D eigenvalue weighted by Gasteiger charge is 2.23. The van der Waals surface area contributed by atoms with Crippen molar-refractivity contribution in [3.05, 3.63) is 35.4 Å². The third-order valence-electron chi connectivity index (χ3n) is 5.25. The van der Waals surface area contributed by atoms with E-state index in [0.717, 1.165) is 32.4 Å². The smallest absolute Gasteiger partial charge is 0.317 e. The number of carbonyl (C=O) groups excluding carboxylic acids is 1. The summed E-state index contributed by atoms with van der Waals surface area (Å²) < 4.78 is 0. The first-order chi connectivity index (χ1) is 12.4. The number of hydrogen-bond acceptors (Lipinski definition) is 4. The van der Waals surface area contributed by atoms with Gasteiger partial charge in [-0.1, -0.05) is 24.3 Å². The molecule has 1 aromatic carbocycles. The predicted molar refractivity (Wildman–Crippen MR) is 109 cm³/mol. The van der Waals surface area contributed by atoms with E-state index in [9.17, 15) is 9.59 Å². The van der Waals surface area contributed by atoms with Crippen LogP contribution in [-0.2, 0) is 16.1 Å². The summed E-state index contributed by atoms with van der Waals surface area (Å²) in [4.78, 5) is 29.4. The van der Waals surface area contributed by atoms with Gasteiger partial charge in [-0.3, -0.25) is 19.4 Å². The van der Waals surface area contributed by atoms with E-state index in [2.05, 4.69) is 24.0 Å². The largest absolute Gasteiger partial charge is 0.480 e. The molecule has 0 radical (unpaired) electrons. The number of hydrogen-bond donors (Lipinski definition) is 1. The van der Waals surface area contributed by atoms with Gasteiger partial charge in [-0.25, -0.2) is 0 Å². The Labute approximate surface area is 168 Å².